The van der Waals surface area contributed by atoms with Crippen LogP contribution >= 0.6 is 27.7 Å². The van der Waals surface area contributed by atoms with Gasteiger partial charge in [-0.2, -0.15) is 0 Å². The molecule has 2 N–H and O–H groups in total. The fourth-order valence-corrected chi connectivity index (χ4v) is 3.52. The number of hydrogen-bond donors (Lipinski definition) is 1. The van der Waals surface area contributed by atoms with Gasteiger partial charge in [0.1, 0.15) is 24.0 Å². The molecule has 0 aliphatic carbocycles. The van der Waals surface area contributed by atoms with Crippen LogP contribution in [0.4, 0.5) is 8.78 Å². The van der Waals surface area contributed by atoms with Crippen LogP contribution in [0.15, 0.2) is 52.1 Å². The van der Waals surface area contributed by atoms with Gasteiger partial charge in [0.05, 0.1) is 0 Å². The molecule has 3 aromatic rings. The van der Waals surface area contributed by atoms with Gasteiger partial charge in [-0.3, -0.25) is 0 Å². The van der Waals surface area contributed by atoms with Crippen LogP contribution in [0.1, 0.15) is 11.4 Å². The number of halogens is 3. The Morgan fingerprint density at radius 1 is 1.08 bits per heavy atom. The number of hydrogen-bond acceptors (Lipinski definition) is 5. The molecule has 0 saturated heterocycles. The second-order valence-corrected chi connectivity index (χ2v) is 6.83. The molecule has 3 rings (SSSR count). The maximum atomic E-state index is 13.1. The van der Waals surface area contributed by atoms with Gasteiger partial charge in [0.15, 0.2) is 5.82 Å². The smallest absolute Gasteiger partial charge is 0.210 e. The largest absolute Gasteiger partial charge is 0.486 e. The first kappa shape index (κ1) is 17.7. The normalized spacial score (nSPS) is 10.8. The Morgan fingerprint density at radius 2 is 1.80 bits per heavy atom. The molecule has 9 heteroatoms. The van der Waals surface area contributed by atoms with E-state index in [4.69, 9.17) is 10.6 Å². The van der Waals surface area contributed by atoms with Gasteiger partial charge in [-0.05, 0) is 42.0 Å². The summed E-state index contributed by atoms with van der Waals surface area (Å²) in [5.41, 5.74) is 0.915. The van der Waals surface area contributed by atoms with Crippen molar-refractivity contribution < 1.29 is 13.5 Å². The van der Waals surface area contributed by atoms with Gasteiger partial charge in [0, 0.05) is 10.2 Å². The monoisotopic (exact) mass is 426 g/mol. The highest BCUT2D eigenvalue weighted by Gasteiger charge is 2.12. The van der Waals surface area contributed by atoms with Crippen molar-refractivity contribution in [3.8, 4) is 5.75 Å². The molecule has 0 amide bonds. The summed E-state index contributed by atoms with van der Waals surface area (Å²) in [7, 11) is 0. The van der Waals surface area contributed by atoms with Crippen molar-refractivity contribution in [2.75, 3.05) is 5.84 Å². The predicted molar refractivity (Wildman–Crippen MR) is 94.6 cm³/mol. The molecule has 0 fully saturated rings. The van der Waals surface area contributed by atoms with Crippen LogP contribution in [0.3, 0.4) is 0 Å². The van der Waals surface area contributed by atoms with Crippen molar-refractivity contribution >= 4 is 27.7 Å². The van der Waals surface area contributed by atoms with Gasteiger partial charge in [-0.15, -0.1) is 10.2 Å². The third-order valence-corrected chi connectivity index (χ3v) is 5.02. The molecular weight excluding hydrogens is 414 g/mol. The molecule has 1 heterocycles. The summed E-state index contributed by atoms with van der Waals surface area (Å²) in [4.78, 5) is 0. The second-order valence-electron chi connectivity index (χ2n) is 5.04. The lowest BCUT2D eigenvalue weighted by Gasteiger charge is -2.07. The van der Waals surface area contributed by atoms with Crippen LogP contribution in [-0.2, 0) is 12.4 Å². The summed E-state index contributed by atoms with van der Waals surface area (Å²) in [5, 5.41) is 8.53. The van der Waals surface area contributed by atoms with E-state index >= 15 is 0 Å². The van der Waals surface area contributed by atoms with E-state index in [9.17, 15) is 8.78 Å². The maximum absolute atomic E-state index is 13.1. The van der Waals surface area contributed by atoms with E-state index in [2.05, 4.69) is 26.1 Å². The Labute approximate surface area is 155 Å². The summed E-state index contributed by atoms with van der Waals surface area (Å²) in [5.74, 6) is 6.83. The second kappa shape index (κ2) is 7.83. The SMILES string of the molecule is Nn1c(COc2ccc(F)cc2)nnc1SCc1ccc(F)cc1Br. The van der Waals surface area contributed by atoms with Crippen LogP contribution in [0, 0.1) is 11.6 Å². The Kier molecular flexibility index (Phi) is 5.54. The van der Waals surface area contributed by atoms with E-state index in [1.165, 1.54) is 52.8 Å². The highest BCUT2D eigenvalue weighted by molar-refractivity contribution is 9.10. The molecule has 5 nitrogen and oxygen atoms in total. The summed E-state index contributed by atoms with van der Waals surface area (Å²) in [6.07, 6.45) is 0. The number of nitrogens with two attached hydrogens (primary N) is 1. The number of rotatable bonds is 6. The molecule has 0 bridgehead atoms. The third-order valence-electron chi connectivity index (χ3n) is 3.29. The Morgan fingerprint density at radius 3 is 2.52 bits per heavy atom. The van der Waals surface area contributed by atoms with E-state index in [-0.39, 0.29) is 18.2 Å². The molecule has 130 valence electrons. The number of nitrogen functional groups attached to an aromatic ring is 1. The topological polar surface area (TPSA) is 66.0 Å². The quantitative estimate of drug-likeness (QED) is 0.478. The minimum atomic E-state index is -0.333. The highest BCUT2D eigenvalue weighted by Crippen LogP contribution is 2.26. The zero-order valence-electron chi connectivity index (χ0n) is 12.8. The lowest BCUT2D eigenvalue weighted by Crippen LogP contribution is -2.15. The van der Waals surface area contributed by atoms with Crippen molar-refractivity contribution in [1.82, 2.24) is 14.9 Å². The van der Waals surface area contributed by atoms with Crippen LogP contribution in [0.5, 0.6) is 5.75 Å². The average Bonchev–Trinajstić information content (AvgIpc) is 2.94. The zero-order valence-corrected chi connectivity index (χ0v) is 15.2. The first-order valence-electron chi connectivity index (χ1n) is 7.17. The van der Waals surface area contributed by atoms with E-state index in [0.717, 1.165) is 5.56 Å². The van der Waals surface area contributed by atoms with Crippen molar-refractivity contribution in [3.05, 3.63) is 70.0 Å². The Bertz CT molecular complexity index is 873. The highest BCUT2D eigenvalue weighted by atomic mass is 79.9. The molecule has 0 spiro atoms. The Hall–Kier alpha value is -2.13. The summed E-state index contributed by atoms with van der Waals surface area (Å²) in [6.45, 7) is 0.107. The summed E-state index contributed by atoms with van der Waals surface area (Å²) < 4.78 is 33.5. The van der Waals surface area contributed by atoms with Crippen LogP contribution in [0.2, 0.25) is 0 Å². The number of aromatic nitrogens is 3. The summed E-state index contributed by atoms with van der Waals surface area (Å²) >= 11 is 4.70. The average molecular weight is 427 g/mol. The van der Waals surface area contributed by atoms with Crippen molar-refractivity contribution in [2.45, 2.75) is 17.5 Å². The fraction of sp³-hybridized carbons (Fsp3) is 0.125. The van der Waals surface area contributed by atoms with E-state index in [0.29, 0.717) is 27.0 Å². The van der Waals surface area contributed by atoms with E-state index in [1.807, 2.05) is 0 Å². The standard InChI is InChI=1S/C16H13BrF2N4OS/c17-14-7-12(19)2-1-10(14)9-25-16-22-21-15(23(16)20)8-24-13-5-3-11(18)4-6-13/h1-7H,8-9,20H2. The first-order chi connectivity index (χ1) is 12.0. The molecule has 2 aromatic carbocycles. The molecule has 0 atom stereocenters. The molecule has 0 saturated carbocycles. The lowest BCUT2D eigenvalue weighted by atomic mass is 10.2. The number of thioether (sulfide) groups is 1. The molecule has 0 aliphatic heterocycles. The lowest BCUT2D eigenvalue weighted by molar-refractivity contribution is 0.291. The van der Waals surface area contributed by atoms with Crippen LogP contribution in [-0.4, -0.2) is 14.9 Å². The van der Waals surface area contributed by atoms with Gasteiger partial charge in [0.2, 0.25) is 5.16 Å². The summed E-state index contributed by atoms with van der Waals surface area (Å²) in [6, 6.07) is 10.2. The molecule has 25 heavy (non-hydrogen) atoms. The minimum Gasteiger partial charge on any atom is -0.486 e. The fourth-order valence-electron chi connectivity index (χ4n) is 1.96. The number of nitrogens with zero attached hydrogens (tertiary/aromatic N) is 3. The van der Waals surface area contributed by atoms with Gasteiger partial charge >= 0.3 is 0 Å². The van der Waals surface area contributed by atoms with Crippen LogP contribution < -0.4 is 10.6 Å². The maximum Gasteiger partial charge on any atom is 0.210 e. The van der Waals surface area contributed by atoms with Crippen molar-refractivity contribution in [2.24, 2.45) is 0 Å². The molecule has 0 aliphatic rings. The predicted octanol–water partition coefficient (Wildman–Crippen LogP) is 3.90. The van der Waals surface area contributed by atoms with E-state index < -0.39 is 0 Å². The van der Waals surface area contributed by atoms with Gasteiger partial charge < -0.3 is 10.6 Å². The van der Waals surface area contributed by atoms with Crippen LogP contribution in [0.25, 0.3) is 0 Å². The minimum absolute atomic E-state index is 0.107. The third kappa shape index (κ3) is 4.49. The van der Waals surface area contributed by atoms with Gasteiger partial charge in [-0.25, -0.2) is 13.5 Å². The van der Waals surface area contributed by atoms with Gasteiger partial charge in [0.25, 0.3) is 0 Å². The Balaban J connectivity index is 1.61. The first-order valence-corrected chi connectivity index (χ1v) is 8.95. The number of benzene rings is 2. The van der Waals surface area contributed by atoms with E-state index in [1.54, 1.807) is 6.07 Å². The van der Waals surface area contributed by atoms with Crippen molar-refractivity contribution in [3.63, 3.8) is 0 Å². The molecular formula is C16H13BrF2N4OS. The number of ether oxygens (including phenoxy) is 1. The molecule has 1 aromatic heterocycles. The molecule has 0 unspecified atom stereocenters. The van der Waals surface area contributed by atoms with Gasteiger partial charge in [-0.1, -0.05) is 33.8 Å². The zero-order chi connectivity index (χ0) is 17.8. The van der Waals surface area contributed by atoms with Crippen molar-refractivity contribution in [1.29, 1.82) is 0 Å². The molecule has 0 radical (unpaired) electrons.